The van der Waals surface area contributed by atoms with E-state index in [4.69, 9.17) is 16.3 Å². The molecule has 3 aromatic rings. The third-order valence-corrected chi connectivity index (χ3v) is 4.96. The van der Waals surface area contributed by atoms with E-state index in [2.05, 4.69) is 5.32 Å². The monoisotopic (exact) mass is 458 g/mol. The van der Waals surface area contributed by atoms with E-state index >= 15 is 0 Å². The lowest BCUT2D eigenvalue weighted by molar-refractivity contribution is -0.147. The van der Waals surface area contributed by atoms with Gasteiger partial charge < -0.3 is 14.6 Å². The molecule has 32 heavy (non-hydrogen) atoms. The highest BCUT2D eigenvalue weighted by molar-refractivity contribution is 6.31. The van der Waals surface area contributed by atoms with Crippen LogP contribution >= 0.6 is 11.6 Å². The van der Waals surface area contributed by atoms with Crippen LogP contribution in [0.3, 0.4) is 0 Å². The van der Waals surface area contributed by atoms with Crippen LogP contribution in [0.1, 0.15) is 12.0 Å². The summed E-state index contributed by atoms with van der Waals surface area (Å²) in [6.45, 7) is -1.79. The fourth-order valence-corrected chi connectivity index (χ4v) is 3.25. The number of hydrogen-bond acceptors (Lipinski definition) is 5. The summed E-state index contributed by atoms with van der Waals surface area (Å²) < 4.78 is 19.2. The number of nitrogens with one attached hydrogen (secondary N) is 1. The quantitative estimate of drug-likeness (QED) is 0.497. The molecule has 0 bridgehead atoms. The van der Waals surface area contributed by atoms with Gasteiger partial charge in [-0.3, -0.25) is 19.2 Å². The molecule has 1 amide bonds. The number of hydrogen-bond donors (Lipinski definition) is 1. The van der Waals surface area contributed by atoms with Gasteiger partial charge >= 0.3 is 5.97 Å². The lowest BCUT2D eigenvalue weighted by Gasteiger charge is -2.16. The maximum absolute atomic E-state index is 13.0. The van der Waals surface area contributed by atoms with Crippen molar-refractivity contribution >= 4 is 40.0 Å². The first-order chi connectivity index (χ1) is 15.4. The van der Waals surface area contributed by atoms with Gasteiger partial charge in [0, 0.05) is 16.6 Å². The van der Waals surface area contributed by atoms with Crippen molar-refractivity contribution in [1.82, 2.24) is 9.88 Å². The molecule has 3 rings (SSSR count). The predicted octanol–water partition coefficient (Wildman–Crippen LogP) is 2.81. The minimum Gasteiger partial charge on any atom is -0.461 e. The van der Waals surface area contributed by atoms with E-state index in [1.165, 1.54) is 12.3 Å². The van der Waals surface area contributed by atoms with E-state index in [9.17, 15) is 23.6 Å². The first kappa shape index (κ1) is 23.1. The molecule has 166 valence electrons. The predicted molar refractivity (Wildman–Crippen MR) is 117 cm³/mol. The number of carbonyl (C=O) groups excluding carboxylic acids is 3. The third kappa shape index (κ3) is 6.01. The fourth-order valence-electron chi connectivity index (χ4n) is 3.07. The molecule has 2 aromatic carbocycles. The highest BCUT2D eigenvalue weighted by Gasteiger charge is 2.24. The molecule has 1 atom stereocenters. The Morgan fingerprint density at radius 2 is 1.84 bits per heavy atom. The number of amides is 1. The average molecular weight is 459 g/mol. The number of benzene rings is 2. The lowest BCUT2D eigenvalue weighted by Crippen LogP contribution is -2.45. The van der Waals surface area contributed by atoms with E-state index in [-0.39, 0.29) is 6.61 Å². The zero-order valence-electron chi connectivity index (χ0n) is 16.9. The van der Waals surface area contributed by atoms with E-state index in [1.807, 2.05) is 6.07 Å². The van der Waals surface area contributed by atoms with Crippen LogP contribution in [-0.2, 0) is 32.3 Å². The summed E-state index contributed by atoms with van der Waals surface area (Å²) in [5, 5.41) is 3.67. The van der Waals surface area contributed by atoms with Crippen LogP contribution in [0.4, 0.5) is 4.39 Å². The van der Waals surface area contributed by atoms with Crippen molar-refractivity contribution in [2.75, 3.05) is 6.67 Å². The van der Waals surface area contributed by atoms with Crippen molar-refractivity contribution in [3.8, 4) is 0 Å². The molecule has 0 aliphatic carbocycles. The van der Waals surface area contributed by atoms with Crippen molar-refractivity contribution in [3.63, 3.8) is 0 Å². The molecular formula is C23H20ClFN2O5. The number of pyridine rings is 1. The van der Waals surface area contributed by atoms with E-state index < -0.39 is 48.9 Å². The molecular weight excluding hydrogens is 439 g/mol. The standard InChI is InChI=1S/C23H20ClFN2O5/c24-17-7-6-16-8-9-27(23(31)18(16)10-17)13-21(29)26-19(20(28)12-25)11-22(30)32-14-15-4-2-1-3-5-15/h1-10,19H,11-14H2,(H,26,29). The van der Waals surface area contributed by atoms with Gasteiger partial charge in [0.2, 0.25) is 5.91 Å². The number of rotatable bonds is 9. The Hall–Kier alpha value is -3.52. The smallest absolute Gasteiger partial charge is 0.308 e. The van der Waals surface area contributed by atoms with Crippen molar-refractivity contribution in [1.29, 1.82) is 0 Å². The summed E-state index contributed by atoms with van der Waals surface area (Å²) >= 11 is 5.94. The maximum Gasteiger partial charge on any atom is 0.308 e. The number of esters is 1. The van der Waals surface area contributed by atoms with Crippen molar-refractivity contribution in [3.05, 3.63) is 81.7 Å². The second-order valence-corrected chi connectivity index (χ2v) is 7.49. The van der Waals surface area contributed by atoms with E-state index in [1.54, 1.807) is 42.5 Å². The highest BCUT2D eigenvalue weighted by atomic mass is 35.5. The summed E-state index contributed by atoms with van der Waals surface area (Å²) in [6.07, 6.45) is 0.905. The fraction of sp³-hybridized carbons (Fsp3) is 0.217. The molecule has 0 spiro atoms. The SMILES string of the molecule is O=C(Cn1ccc2ccc(Cl)cc2c1=O)NC(CC(=O)OCc1ccccc1)C(=O)CF. The van der Waals surface area contributed by atoms with Gasteiger partial charge in [0.05, 0.1) is 6.42 Å². The first-order valence-electron chi connectivity index (χ1n) is 9.73. The van der Waals surface area contributed by atoms with Crippen LogP contribution in [0, 0.1) is 0 Å². The van der Waals surface area contributed by atoms with Crippen LogP contribution in [0.15, 0.2) is 65.6 Å². The zero-order chi connectivity index (χ0) is 23.1. The number of carbonyl (C=O) groups is 3. The summed E-state index contributed by atoms with van der Waals surface area (Å²) in [4.78, 5) is 49.1. The molecule has 0 fully saturated rings. The normalized spacial score (nSPS) is 11.7. The van der Waals surface area contributed by atoms with Gasteiger partial charge in [0.1, 0.15) is 25.9 Å². The maximum atomic E-state index is 13.0. The second kappa shape index (κ2) is 10.7. The molecule has 7 nitrogen and oxygen atoms in total. The Kier molecular flexibility index (Phi) is 7.72. The van der Waals surface area contributed by atoms with Gasteiger partial charge in [-0.1, -0.05) is 48.0 Å². The number of alkyl halides is 1. The van der Waals surface area contributed by atoms with E-state index in [0.29, 0.717) is 15.8 Å². The Labute approximate surface area is 187 Å². The van der Waals surface area contributed by atoms with Crippen LogP contribution in [0.2, 0.25) is 5.02 Å². The molecule has 0 radical (unpaired) electrons. The number of ether oxygens (including phenoxy) is 1. The molecule has 1 heterocycles. The largest absolute Gasteiger partial charge is 0.461 e. The highest BCUT2D eigenvalue weighted by Crippen LogP contribution is 2.15. The lowest BCUT2D eigenvalue weighted by atomic mass is 10.1. The Balaban J connectivity index is 1.65. The average Bonchev–Trinajstić information content (AvgIpc) is 2.79. The van der Waals surface area contributed by atoms with Gasteiger partial charge in [-0.25, -0.2) is 4.39 Å². The first-order valence-corrected chi connectivity index (χ1v) is 10.1. The van der Waals surface area contributed by atoms with Crippen LogP contribution in [0.5, 0.6) is 0 Å². The molecule has 0 saturated carbocycles. The van der Waals surface area contributed by atoms with Crippen LogP contribution in [-0.4, -0.2) is 34.9 Å². The minimum absolute atomic E-state index is 0.0147. The van der Waals surface area contributed by atoms with Gasteiger partial charge in [-0.2, -0.15) is 0 Å². The van der Waals surface area contributed by atoms with Crippen molar-refractivity contribution < 1.29 is 23.5 Å². The van der Waals surface area contributed by atoms with Gasteiger partial charge in [-0.15, -0.1) is 0 Å². The number of halogens is 2. The minimum atomic E-state index is -1.40. The molecule has 0 saturated heterocycles. The summed E-state index contributed by atoms with van der Waals surface area (Å²) in [6, 6.07) is 13.9. The molecule has 1 N–H and O–H groups in total. The topological polar surface area (TPSA) is 94.5 Å². The summed E-state index contributed by atoms with van der Waals surface area (Å²) in [7, 11) is 0. The number of aromatic nitrogens is 1. The third-order valence-electron chi connectivity index (χ3n) is 4.72. The van der Waals surface area contributed by atoms with Gasteiger partial charge in [0.15, 0.2) is 5.78 Å². The van der Waals surface area contributed by atoms with E-state index in [0.717, 1.165) is 10.1 Å². The summed E-state index contributed by atoms with van der Waals surface area (Å²) in [5.41, 5.74) is 0.296. The molecule has 9 heteroatoms. The Bertz CT molecular complexity index is 1200. The number of fused-ring (bicyclic) bond motifs is 1. The zero-order valence-corrected chi connectivity index (χ0v) is 17.7. The van der Waals surface area contributed by atoms with Gasteiger partial charge in [0.25, 0.3) is 5.56 Å². The van der Waals surface area contributed by atoms with Crippen molar-refractivity contribution in [2.24, 2.45) is 0 Å². The molecule has 1 unspecified atom stereocenters. The molecule has 1 aromatic heterocycles. The Morgan fingerprint density at radius 3 is 2.56 bits per heavy atom. The Morgan fingerprint density at radius 1 is 1.09 bits per heavy atom. The van der Waals surface area contributed by atoms with Crippen molar-refractivity contribution in [2.45, 2.75) is 25.6 Å². The summed E-state index contributed by atoms with van der Waals surface area (Å²) in [5.74, 6) is -2.46. The molecule has 0 aliphatic heterocycles. The molecule has 0 aliphatic rings. The second-order valence-electron chi connectivity index (χ2n) is 7.05. The number of Topliss-reactive ketones (excluding diaryl/α,β-unsaturated/α-hetero) is 1. The van der Waals surface area contributed by atoms with Crippen LogP contribution < -0.4 is 10.9 Å². The van der Waals surface area contributed by atoms with Crippen LogP contribution in [0.25, 0.3) is 10.8 Å². The number of ketones is 1. The number of nitrogens with zero attached hydrogens (tertiary/aromatic N) is 1. The van der Waals surface area contributed by atoms with Gasteiger partial charge in [-0.05, 0) is 29.1 Å².